The average molecular weight is 528 g/mol. The summed E-state index contributed by atoms with van der Waals surface area (Å²) in [6.07, 6.45) is -2.14. The van der Waals surface area contributed by atoms with E-state index in [4.69, 9.17) is 0 Å². The van der Waals surface area contributed by atoms with Gasteiger partial charge in [-0.15, -0.1) is 0 Å². The van der Waals surface area contributed by atoms with E-state index in [2.05, 4.69) is 32.2 Å². The molecule has 0 radical (unpaired) electrons. The molecule has 3 N–H and O–H groups in total. The maximum absolute atomic E-state index is 14.0. The number of aromatic nitrogens is 3. The number of alkyl halides is 3. The molecule has 4 aromatic rings. The van der Waals surface area contributed by atoms with Crippen LogP contribution in [0.2, 0.25) is 0 Å². The number of H-pyrrole nitrogens is 1. The summed E-state index contributed by atoms with van der Waals surface area (Å²) in [7, 11) is 0. The standard InChI is InChI=1S/C26H21F4N5OS/c1-2-22(36)32-12-13-37-25-34-23(16-8-9-20(27)19(14-16)26(28,29)30)24(35-25)17-10-11-31-21(15-17)33-18-6-4-3-5-7-18/h2-11,14-15H,1,12-13H2,(H,31,33)(H,32,36)(H,34,35). The van der Waals surface area contributed by atoms with Crippen molar-refractivity contribution in [1.82, 2.24) is 20.3 Å². The van der Waals surface area contributed by atoms with Gasteiger partial charge in [-0.2, -0.15) is 13.2 Å². The highest BCUT2D eigenvalue weighted by Crippen LogP contribution is 2.38. The van der Waals surface area contributed by atoms with E-state index in [0.717, 1.165) is 23.9 Å². The van der Waals surface area contributed by atoms with Gasteiger partial charge in [-0.3, -0.25) is 4.79 Å². The van der Waals surface area contributed by atoms with Crippen molar-refractivity contribution in [3.63, 3.8) is 0 Å². The summed E-state index contributed by atoms with van der Waals surface area (Å²) in [6, 6.07) is 15.6. The van der Waals surface area contributed by atoms with Gasteiger partial charge < -0.3 is 15.6 Å². The topological polar surface area (TPSA) is 82.7 Å². The molecule has 0 aliphatic heterocycles. The average Bonchev–Trinajstić information content (AvgIpc) is 3.31. The first-order valence-electron chi connectivity index (χ1n) is 11.0. The molecule has 6 nitrogen and oxygen atoms in total. The molecule has 11 heteroatoms. The van der Waals surface area contributed by atoms with E-state index in [0.29, 0.717) is 34.5 Å². The third kappa shape index (κ3) is 6.56. The fraction of sp³-hybridized carbons (Fsp3) is 0.115. The van der Waals surface area contributed by atoms with Gasteiger partial charge in [-0.05, 0) is 48.5 Å². The highest BCUT2D eigenvalue weighted by molar-refractivity contribution is 7.99. The van der Waals surface area contributed by atoms with Crippen LogP contribution in [0.3, 0.4) is 0 Å². The minimum atomic E-state index is -4.86. The molecular formula is C26H21F4N5OS. The highest BCUT2D eigenvalue weighted by Gasteiger charge is 2.34. The van der Waals surface area contributed by atoms with Gasteiger partial charge in [0.05, 0.1) is 17.0 Å². The van der Waals surface area contributed by atoms with E-state index < -0.39 is 17.6 Å². The Kier molecular flexibility index (Phi) is 7.92. The Morgan fingerprint density at radius 1 is 1.08 bits per heavy atom. The van der Waals surface area contributed by atoms with Crippen molar-refractivity contribution >= 4 is 29.2 Å². The maximum atomic E-state index is 14.0. The number of pyridine rings is 1. The van der Waals surface area contributed by atoms with Crippen LogP contribution in [0.1, 0.15) is 5.56 Å². The zero-order chi connectivity index (χ0) is 26.4. The third-order valence-electron chi connectivity index (χ3n) is 5.15. The van der Waals surface area contributed by atoms with Gasteiger partial charge in [0.1, 0.15) is 11.6 Å². The van der Waals surface area contributed by atoms with Gasteiger partial charge in [-0.1, -0.05) is 36.5 Å². The summed E-state index contributed by atoms with van der Waals surface area (Å²) in [5.74, 6) is -0.720. The number of amides is 1. The number of nitrogens with zero attached hydrogens (tertiary/aromatic N) is 2. The van der Waals surface area contributed by atoms with Gasteiger partial charge in [-0.25, -0.2) is 14.4 Å². The fourth-order valence-electron chi connectivity index (χ4n) is 3.45. The lowest BCUT2D eigenvalue weighted by atomic mass is 10.0. The number of thioether (sulfide) groups is 1. The van der Waals surface area contributed by atoms with Gasteiger partial charge in [0.25, 0.3) is 0 Å². The van der Waals surface area contributed by atoms with Crippen LogP contribution >= 0.6 is 11.8 Å². The number of carbonyl (C=O) groups excluding carboxylic acids is 1. The zero-order valence-electron chi connectivity index (χ0n) is 19.3. The van der Waals surface area contributed by atoms with Crippen LogP contribution in [0.5, 0.6) is 0 Å². The van der Waals surface area contributed by atoms with Crippen LogP contribution in [0.15, 0.2) is 84.7 Å². The molecule has 1 amide bonds. The van der Waals surface area contributed by atoms with Crippen molar-refractivity contribution in [3.05, 3.63) is 90.9 Å². The lowest BCUT2D eigenvalue weighted by Crippen LogP contribution is -2.23. The molecule has 190 valence electrons. The summed E-state index contributed by atoms with van der Waals surface area (Å²) >= 11 is 1.27. The third-order valence-corrected chi connectivity index (χ3v) is 6.02. The number of benzene rings is 2. The molecule has 0 aliphatic rings. The number of hydrogen-bond donors (Lipinski definition) is 3. The van der Waals surface area contributed by atoms with E-state index >= 15 is 0 Å². The molecule has 0 bridgehead atoms. The Bertz CT molecular complexity index is 1410. The SMILES string of the molecule is C=CC(=O)NCCSc1nc(-c2ccc(F)c(C(F)(F)F)c2)c(-c2ccnc(Nc3ccccc3)c2)[nH]1. The quantitative estimate of drug-likeness (QED) is 0.101. The highest BCUT2D eigenvalue weighted by atomic mass is 32.2. The number of halogens is 4. The summed E-state index contributed by atoms with van der Waals surface area (Å²) in [4.78, 5) is 23.3. The van der Waals surface area contributed by atoms with E-state index in [1.54, 1.807) is 18.3 Å². The second kappa shape index (κ2) is 11.3. The smallest absolute Gasteiger partial charge is 0.352 e. The molecule has 4 rings (SSSR count). The molecule has 0 unspecified atom stereocenters. The van der Waals surface area contributed by atoms with E-state index in [1.165, 1.54) is 17.8 Å². The minimum Gasteiger partial charge on any atom is -0.352 e. The van der Waals surface area contributed by atoms with E-state index in [-0.39, 0.29) is 17.2 Å². The number of hydrogen-bond acceptors (Lipinski definition) is 5. The summed E-state index contributed by atoms with van der Waals surface area (Å²) < 4.78 is 54.2. The minimum absolute atomic E-state index is 0.0983. The van der Waals surface area contributed by atoms with E-state index in [9.17, 15) is 22.4 Å². The largest absolute Gasteiger partial charge is 0.419 e. The van der Waals surface area contributed by atoms with Crippen LogP contribution in [-0.4, -0.2) is 33.2 Å². The van der Waals surface area contributed by atoms with Crippen molar-refractivity contribution in [2.75, 3.05) is 17.6 Å². The number of nitrogens with one attached hydrogen (secondary N) is 3. The number of para-hydroxylation sites is 1. The van der Waals surface area contributed by atoms with Gasteiger partial charge >= 0.3 is 6.18 Å². The number of imidazole rings is 1. The van der Waals surface area contributed by atoms with Crippen molar-refractivity contribution < 1.29 is 22.4 Å². The first kappa shape index (κ1) is 26.0. The van der Waals surface area contributed by atoms with Crippen LogP contribution in [0, 0.1) is 5.82 Å². The Hall–Kier alpha value is -4.12. The van der Waals surface area contributed by atoms with Crippen molar-refractivity contribution in [2.24, 2.45) is 0 Å². The second-order valence-corrected chi connectivity index (χ2v) is 8.81. The maximum Gasteiger partial charge on any atom is 0.419 e. The number of aromatic amines is 1. The second-order valence-electron chi connectivity index (χ2n) is 7.72. The predicted molar refractivity (Wildman–Crippen MR) is 136 cm³/mol. The first-order valence-corrected chi connectivity index (χ1v) is 12.0. The molecule has 2 aromatic heterocycles. The first-order chi connectivity index (χ1) is 17.7. The Morgan fingerprint density at radius 2 is 1.86 bits per heavy atom. The Balaban J connectivity index is 1.70. The molecule has 0 aliphatic carbocycles. The van der Waals surface area contributed by atoms with Crippen molar-refractivity contribution in [2.45, 2.75) is 11.3 Å². The normalized spacial score (nSPS) is 11.2. The lowest BCUT2D eigenvalue weighted by Gasteiger charge is -2.11. The fourth-order valence-corrected chi connectivity index (χ4v) is 4.17. The van der Waals surface area contributed by atoms with Crippen LogP contribution in [0.4, 0.5) is 29.1 Å². The molecule has 0 spiro atoms. The number of rotatable bonds is 9. The summed E-state index contributed by atoms with van der Waals surface area (Å²) in [5, 5.41) is 6.24. The molecule has 0 saturated carbocycles. The summed E-state index contributed by atoms with van der Waals surface area (Å²) in [5.41, 5.74) is 0.808. The lowest BCUT2D eigenvalue weighted by molar-refractivity contribution is -0.140. The van der Waals surface area contributed by atoms with Crippen LogP contribution in [-0.2, 0) is 11.0 Å². The molecular weight excluding hydrogens is 506 g/mol. The summed E-state index contributed by atoms with van der Waals surface area (Å²) in [6.45, 7) is 3.72. The molecule has 2 aromatic carbocycles. The molecule has 37 heavy (non-hydrogen) atoms. The molecule has 0 atom stereocenters. The van der Waals surface area contributed by atoms with Gasteiger partial charge in [0.2, 0.25) is 5.91 Å². The predicted octanol–water partition coefficient (Wildman–Crippen LogP) is 6.43. The van der Waals surface area contributed by atoms with Crippen LogP contribution < -0.4 is 10.6 Å². The van der Waals surface area contributed by atoms with Crippen molar-refractivity contribution in [1.29, 1.82) is 0 Å². The molecule has 2 heterocycles. The van der Waals surface area contributed by atoms with E-state index in [1.807, 2.05) is 30.3 Å². The number of anilines is 2. The molecule has 0 fully saturated rings. The zero-order valence-corrected chi connectivity index (χ0v) is 20.1. The number of carbonyl (C=O) groups is 1. The van der Waals surface area contributed by atoms with Crippen molar-refractivity contribution in [3.8, 4) is 22.5 Å². The van der Waals surface area contributed by atoms with Gasteiger partial charge in [0.15, 0.2) is 5.16 Å². The Labute approximate surface area is 214 Å². The van der Waals surface area contributed by atoms with Gasteiger partial charge in [0, 0.05) is 35.3 Å². The van der Waals surface area contributed by atoms with Crippen LogP contribution in [0.25, 0.3) is 22.5 Å². The molecule has 0 saturated heterocycles. The Morgan fingerprint density at radius 3 is 2.59 bits per heavy atom. The monoisotopic (exact) mass is 527 g/mol.